The molecular formula is C13H20BrNO. The summed E-state index contributed by atoms with van der Waals surface area (Å²) in [5, 5.41) is 13.2. The summed E-state index contributed by atoms with van der Waals surface area (Å²) in [6.07, 6.45) is 0.358. The quantitative estimate of drug-likeness (QED) is 0.892. The van der Waals surface area contributed by atoms with Crippen molar-refractivity contribution >= 4 is 15.9 Å². The molecular weight excluding hydrogens is 266 g/mol. The van der Waals surface area contributed by atoms with E-state index in [-0.39, 0.29) is 11.6 Å². The van der Waals surface area contributed by atoms with Crippen LogP contribution in [0.5, 0.6) is 0 Å². The first kappa shape index (κ1) is 13.7. The maximum atomic E-state index is 9.86. The van der Waals surface area contributed by atoms with Crippen molar-refractivity contribution in [3.8, 4) is 0 Å². The third-order valence-electron chi connectivity index (χ3n) is 2.25. The molecule has 0 aromatic heterocycles. The second kappa shape index (κ2) is 5.80. The molecule has 0 aliphatic rings. The predicted octanol–water partition coefficient (Wildman–Crippen LogP) is 2.74. The highest BCUT2D eigenvalue weighted by atomic mass is 79.9. The number of halogens is 1. The predicted molar refractivity (Wildman–Crippen MR) is 71.6 cm³/mol. The molecule has 1 unspecified atom stereocenters. The van der Waals surface area contributed by atoms with Crippen molar-refractivity contribution in [2.24, 2.45) is 0 Å². The Kier molecular flexibility index (Phi) is 4.96. The number of hydrogen-bond acceptors (Lipinski definition) is 2. The molecule has 2 nitrogen and oxygen atoms in total. The minimum absolute atomic E-state index is 0.0562. The van der Waals surface area contributed by atoms with Crippen LogP contribution in [-0.2, 0) is 6.42 Å². The molecule has 0 radical (unpaired) electrons. The van der Waals surface area contributed by atoms with Gasteiger partial charge in [-0.15, -0.1) is 0 Å². The number of rotatable bonds is 4. The van der Waals surface area contributed by atoms with Gasteiger partial charge in [0.2, 0.25) is 0 Å². The second-order valence-electron chi connectivity index (χ2n) is 5.12. The Balaban J connectivity index is 2.39. The molecule has 0 spiro atoms. The summed E-state index contributed by atoms with van der Waals surface area (Å²) in [6, 6.07) is 8.06. The fraction of sp³-hybridized carbons (Fsp3) is 0.538. The summed E-state index contributed by atoms with van der Waals surface area (Å²) >= 11 is 3.39. The van der Waals surface area contributed by atoms with Crippen LogP contribution in [0.2, 0.25) is 0 Å². The Morgan fingerprint density at radius 3 is 2.31 bits per heavy atom. The zero-order chi connectivity index (χ0) is 12.2. The first-order valence-electron chi connectivity index (χ1n) is 5.54. The molecule has 0 amide bonds. The van der Waals surface area contributed by atoms with E-state index in [1.54, 1.807) is 0 Å². The largest absolute Gasteiger partial charge is 0.391 e. The number of nitrogens with one attached hydrogen (secondary N) is 1. The van der Waals surface area contributed by atoms with Gasteiger partial charge in [0.1, 0.15) is 0 Å². The lowest BCUT2D eigenvalue weighted by molar-refractivity contribution is 0.161. The molecule has 1 atom stereocenters. The molecule has 0 aliphatic heterocycles. The zero-order valence-electron chi connectivity index (χ0n) is 10.1. The van der Waals surface area contributed by atoms with Crippen LogP contribution >= 0.6 is 15.9 Å². The van der Waals surface area contributed by atoms with E-state index >= 15 is 0 Å². The number of hydrogen-bond donors (Lipinski definition) is 2. The van der Waals surface area contributed by atoms with Crippen molar-refractivity contribution in [2.75, 3.05) is 6.54 Å². The average Bonchev–Trinajstić information content (AvgIpc) is 2.18. The molecule has 2 N–H and O–H groups in total. The normalized spacial score (nSPS) is 13.8. The smallest absolute Gasteiger partial charge is 0.0705 e. The lowest BCUT2D eigenvalue weighted by Gasteiger charge is -2.22. The molecule has 0 aliphatic carbocycles. The van der Waals surface area contributed by atoms with Crippen LogP contribution in [0, 0.1) is 0 Å². The standard InChI is InChI=1S/C13H20BrNO/c1-13(2,3)15-9-12(16)8-10-4-6-11(14)7-5-10/h4-7,12,15-16H,8-9H2,1-3H3. The van der Waals surface area contributed by atoms with E-state index in [0.29, 0.717) is 13.0 Å². The van der Waals surface area contributed by atoms with Crippen LogP contribution in [0.15, 0.2) is 28.7 Å². The van der Waals surface area contributed by atoms with Gasteiger partial charge in [-0.3, -0.25) is 0 Å². The topological polar surface area (TPSA) is 32.3 Å². The Hall–Kier alpha value is -0.380. The summed E-state index contributed by atoms with van der Waals surface area (Å²) in [5.74, 6) is 0. The SMILES string of the molecule is CC(C)(C)NCC(O)Cc1ccc(Br)cc1. The Morgan fingerprint density at radius 1 is 1.25 bits per heavy atom. The third-order valence-corrected chi connectivity index (χ3v) is 2.78. The zero-order valence-corrected chi connectivity index (χ0v) is 11.7. The third kappa shape index (κ3) is 5.64. The van der Waals surface area contributed by atoms with Crippen molar-refractivity contribution in [3.05, 3.63) is 34.3 Å². The molecule has 1 aromatic rings. The maximum Gasteiger partial charge on any atom is 0.0705 e. The van der Waals surface area contributed by atoms with Crippen molar-refractivity contribution in [1.82, 2.24) is 5.32 Å². The number of β-amino-alcohol motifs (C(OH)–C–C–N with tert-alkyl or cyclic N) is 1. The van der Waals surface area contributed by atoms with E-state index in [2.05, 4.69) is 42.0 Å². The molecule has 0 fully saturated rings. The molecule has 0 bridgehead atoms. The molecule has 1 rings (SSSR count). The summed E-state index contributed by atoms with van der Waals surface area (Å²) in [4.78, 5) is 0. The Morgan fingerprint density at radius 2 is 1.81 bits per heavy atom. The lowest BCUT2D eigenvalue weighted by Crippen LogP contribution is -2.41. The van der Waals surface area contributed by atoms with Crippen LogP contribution in [0.3, 0.4) is 0 Å². The van der Waals surface area contributed by atoms with E-state index < -0.39 is 0 Å². The van der Waals surface area contributed by atoms with Gasteiger partial charge < -0.3 is 10.4 Å². The number of aliphatic hydroxyl groups is 1. The van der Waals surface area contributed by atoms with Crippen molar-refractivity contribution in [2.45, 2.75) is 38.8 Å². The summed E-state index contributed by atoms with van der Waals surface area (Å²) in [7, 11) is 0. The lowest BCUT2D eigenvalue weighted by atomic mass is 10.1. The molecule has 16 heavy (non-hydrogen) atoms. The molecule has 0 saturated carbocycles. The van der Waals surface area contributed by atoms with Gasteiger partial charge in [0.15, 0.2) is 0 Å². The number of benzene rings is 1. The fourth-order valence-corrected chi connectivity index (χ4v) is 1.65. The maximum absolute atomic E-state index is 9.86. The van der Waals surface area contributed by atoms with E-state index in [4.69, 9.17) is 0 Å². The first-order valence-corrected chi connectivity index (χ1v) is 6.34. The highest BCUT2D eigenvalue weighted by molar-refractivity contribution is 9.10. The Labute approximate surface area is 106 Å². The van der Waals surface area contributed by atoms with Crippen LogP contribution in [-0.4, -0.2) is 23.3 Å². The van der Waals surface area contributed by atoms with Gasteiger partial charge in [-0.25, -0.2) is 0 Å². The molecule has 90 valence electrons. The highest BCUT2D eigenvalue weighted by Crippen LogP contribution is 2.12. The van der Waals surface area contributed by atoms with Gasteiger partial charge in [0.25, 0.3) is 0 Å². The van der Waals surface area contributed by atoms with Gasteiger partial charge >= 0.3 is 0 Å². The molecule has 3 heteroatoms. The molecule has 1 aromatic carbocycles. The second-order valence-corrected chi connectivity index (χ2v) is 6.03. The average molecular weight is 286 g/mol. The minimum atomic E-state index is -0.333. The van der Waals surface area contributed by atoms with E-state index in [9.17, 15) is 5.11 Å². The van der Waals surface area contributed by atoms with Gasteiger partial charge in [-0.1, -0.05) is 28.1 Å². The number of aliphatic hydroxyl groups excluding tert-OH is 1. The fourth-order valence-electron chi connectivity index (χ4n) is 1.39. The van der Waals surface area contributed by atoms with Gasteiger partial charge in [-0.05, 0) is 44.9 Å². The first-order chi connectivity index (χ1) is 7.37. The monoisotopic (exact) mass is 285 g/mol. The minimum Gasteiger partial charge on any atom is -0.391 e. The van der Waals surface area contributed by atoms with E-state index in [1.807, 2.05) is 24.3 Å². The Bertz CT molecular complexity index is 316. The van der Waals surface area contributed by atoms with Crippen LogP contribution in [0.1, 0.15) is 26.3 Å². The van der Waals surface area contributed by atoms with E-state index in [1.165, 1.54) is 0 Å². The van der Waals surface area contributed by atoms with Gasteiger partial charge in [0.05, 0.1) is 6.10 Å². The molecule has 0 saturated heterocycles. The summed E-state index contributed by atoms with van der Waals surface area (Å²) in [6.45, 7) is 6.91. The van der Waals surface area contributed by atoms with Gasteiger partial charge in [0, 0.05) is 16.6 Å². The van der Waals surface area contributed by atoms with Crippen molar-refractivity contribution < 1.29 is 5.11 Å². The molecule has 0 heterocycles. The summed E-state index contributed by atoms with van der Waals surface area (Å²) in [5.41, 5.74) is 1.21. The van der Waals surface area contributed by atoms with Crippen molar-refractivity contribution in [1.29, 1.82) is 0 Å². The summed E-state index contributed by atoms with van der Waals surface area (Å²) < 4.78 is 1.07. The highest BCUT2D eigenvalue weighted by Gasteiger charge is 2.12. The van der Waals surface area contributed by atoms with Crippen LogP contribution in [0.4, 0.5) is 0 Å². The van der Waals surface area contributed by atoms with Crippen molar-refractivity contribution in [3.63, 3.8) is 0 Å². The van der Waals surface area contributed by atoms with E-state index in [0.717, 1.165) is 10.0 Å². The van der Waals surface area contributed by atoms with Crippen LogP contribution in [0.25, 0.3) is 0 Å². The van der Waals surface area contributed by atoms with Crippen LogP contribution < -0.4 is 5.32 Å². The van der Waals surface area contributed by atoms with Gasteiger partial charge in [-0.2, -0.15) is 0 Å².